The smallest absolute Gasteiger partial charge is 0.254 e. The average molecular weight is 450 g/mol. The molecule has 6 rings (SSSR count). The third-order valence-electron chi connectivity index (χ3n) is 6.69. The maximum absolute atomic E-state index is 13.1. The first-order valence-electron chi connectivity index (χ1n) is 11.6. The molecule has 172 valence electrons. The number of carbonyl (C=O) groups is 1. The van der Waals surface area contributed by atoms with Crippen LogP contribution in [0.3, 0.4) is 0 Å². The van der Waals surface area contributed by atoms with Gasteiger partial charge in [0.15, 0.2) is 23.0 Å². The van der Waals surface area contributed by atoms with E-state index in [-0.39, 0.29) is 11.8 Å². The molecule has 3 aliphatic heterocycles. The predicted octanol–water partition coefficient (Wildman–Crippen LogP) is 2.95. The molecule has 0 saturated carbocycles. The Morgan fingerprint density at radius 1 is 1.03 bits per heavy atom. The molecule has 0 aliphatic carbocycles. The van der Waals surface area contributed by atoms with Crippen LogP contribution in [0, 0.1) is 0 Å². The van der Waals surface area contributed by atoms with Crippen molar-refractivity contribution in [3.63, 3.8) is 0 Å². The van der Waals surface area contributed by atoms with Gasteiger partial charge in [-0.25, -0.2) is 4.98 Å². The zero-order chi connectivity index (χ0) is 22.2. The van der Waals surface area contributed by atoms with E-state index in [0.29, 0.717) is 49.4 Å². The minimum Gasteiger partial charge on any atom is -0.486 e. The highest BCUT2D eigenvalue weighted by molar-refractivity contribution is 5.95. The number of rotatable bonds is 4. The van der Waals surface area contributed by atoms with Crippen LogP contribution in [0.5, 0.6) is 11.5 Å². The third-order valence-corrected chi connectivity index (χ3v) is 6.69. The third kappa shape index (κ3) is 3.97. The molecule has 1 atom stereocenters. The fourth-order valence-corrected chi connectivity index (χ4v) is 4.84. The van der Waals surface area contributed by atoms with E-state index in [4.69, 9.17) is 19.2 Å². The molecule has 0 bridgehead atoms. The van der Waals surface area contributed by atoms with Crippen molar-refractivity contribution >= 4 is 22.8 Å². The molecule has 0 spiro atoms. The van der Waals surface area contributed by atoms with Crippen LogP contribution in [-0.4, -0.2) is 71.5 Å². The SMILES string of the molecule is O=C(c1ccc2c(c1)OCCO2)N1CCC(c2ccc3c(NC4CCOCC4)n[nH]c3n2)C1. The van der Waals surface area contributed by atoms with E-state index < -0.39 is 0 Å². The molecule has 2 aromatic heterocycles. The molecule has 2 saturated heterocycles. The van der Waals surface area contributed by atoms with Gasteiger partial charge in [-0.1, -0.05) is 0 Å². The number of aromatic amines is 1. The maximum Gasteiger partial charge on any atom is 0.254 e. The van der Waals surface area contributed by atoms with Crippen molar-refractivity contribution in [1.82, 2.24) is 20.1 Å². The van der Waals surface area contributed by atoms with Crippen LogP contribution in [0.1, 0.15) is 41.2 Å². The number of hydrogen-bond donors (Lipinski definition) is 2. The van der Waals surface area contributed by atoms with Crippen molar-refractivity contribution in [1.29, 1.82) is 0 Å². The molecule has 2 fully saturated rings. The van der Waals surface area contributed by atoms with E-state index in [0.717, 1.165) is 55.0 Å². The predicted molar refractivity (Wildman–Crippen MR) is 122 cm³/mol. The second kappa shape index (κ2) is 8.55. The molecule has 2 N–H and O–H groups in total. The van der Waals surface area contributed by atoms with Crippen LogP contribution >= 0.6 is 0 Å². The molecule has 0 radical (unpaired) electrons. The molecule has 33 heavy (non-hydrogen) atoms. The first-order chi connectivity index (χ1) is 16.2. The number of pyridine rings is 1. The Morgan fingerprint density at radius 2 is 1.88 bits per heavy atom. The number of aromatic nitrogens is 3. The molecule has 9 heteroatoms. The van der Waals surface area contributed by atoms with Gasteiger partial charge in [0.2, 0.25) is 0 Å². The molecular weight excluding hydrogens is 422 g/mol. The van der Waals surface area contributed by atoms with Crippen molar-refractivity contribution < 1.29 is 19.0 Å². The molecule has 3 aromatic rings. The first kappa shape index (κ1) is 20.3. The number of H-pyrrole nitrogens is 1. The Bertz CT molecular complexity index is 1170. The fraction of sp³-hybridized carbons (Fsp3) is 0.458. The topological polar surface area (TPSA) is 102 Å². The number of nitrogens with zero attached hydrogens (tertiary/aromatic N) is 3. The van der Waals surface area contributed by atoms with Gasteiger partial charge in [-0.15, -0.1) is 0 Å². The number of carbonyl (C=O) groups excluding carboxylic acids is 1. The summed E-state index contributed by atoms with van der Waals surface area (Å²) in [7, 11) is 0. The first-order valence-corrected chi connectivity index (χ1v) is 11.6. The Kier molecular flexibility index (Phi) is 5.26. The van der Waals surface area contributed by atoms with Gasteiger partial charge < -0.3 is 24.4 Å². The van der Waals surface area contributed by atoms with E-state index in [1.54, 1.807) is 6.07 Å². The number of hydrogen-bond acceptors (Lipinski definition) is 7. The van der Waals surface area contributed by atoms with Crippen LogP contribution in [0.4, 0.5) is 5.82 Å². The molecule has 1 amide bonds. The van der Waals surface area contributed by atoms with E-state index in [1.165, 1.54) is 0 Å². The van der Waals surface area contributed by atoms with Gasteiger partial charge in [-0.05, 0) is 49.6 Å². The lowest BCUT2D eigenvalue weighted by Gasteiger charge is -2.23. The molecular formula is C24H27N5O4. The van der Waals surface area contributed by atoms with Crippen LogP contribution in [0.2, 0.25) is 0 Å². The minimum absolute atomic E-state index is 0.0139. The van der Waals surface area contributed by atoms with Crippen molar-refractivity contribution in [3.05, 3.63) is 41.6 Å². The number of fused-ring (bicyclic) bond motifs is 2. The van der Waals surface area contributed by atoms with Gasteiger partial charge in [0.1, 0.15) is 13.2 Å². The van der Waals surface area contributed by atoms with Gasteiger partial charge in [0.05, 0.1) is 5.39 Å². The summed E-state index contributed by atoms with van der Waals surface area (Å²) >= 11 is 0. The molecule has 1 unspecified atom stereocenters. The highest BCUT2D eigenvalue weighted by Crippen LogP contribution is 2.33. The number of nitrogens with one attached hydrogen (secondary N) is 2. The van der Waals surface area contributed by atoms with Crippen LogP contribution in [0.25, 0.3) is 11.0 Å². The molecule has 9 nitrogen and oxygen atoms in total. The van der Waals surface area contributed by atoms with Crippen molar-refractivity contribution in [2.75, 3.05) is 44.8 Å². The summed E-state index contributed by atoms with van der Waals surface area (Å²) < 4.78 is 16.6. The maximum atomic E-state index is 13.1. The number of ether oxygens (including phenoxy) is 3. The Hall–Kier alpha value is -3.33. The summed E-state index contributed by atoms with van der Waals surface area (Å²) in [5.74, 6) is 2.39. The van der Waals surface area contributed by atoms with Gasteiger partial charge in [-0.3, -0.25) is 9.89 Å². The Morgan fingerprint density at radius 3 is 2.76 bits per heavy atom. The van der Waals surface area contributed by atoms with Crippen molar-refractivity contribution in [2.45, 2.75) is 31.2 Å². The standard InChI is InChI=1S/C24H27N5O4/c30-24(15-1-4-20-21(13-15)33-12-11-32-20)29-8-5-16(14-29)19-3-2-18-22(27-28-23(18)26-19)25-17-6-9-31-10-7-17/h1-4,13,16-17H,5-12,14H2,(H2,25,26,27,28). The average Bonchev–Trinajstić information content (AvgIpc) is 3.51. The van der Waals surface area contributed by atoms with Crippen LogP contribution < -0.4 is 14.8 Å². The zero-order valence-corrected chi connectivity index (χ0v) is 18.4. The Balaban J connectivity index is 1.15. The number of amides is 1. The van der Waals surface area contributed by atoms with Gasteiger partial charge >= 0.3 is 0 Å². The van der Waals surface area contributed by atoms with E-state index in [9.17, 15) is 4.79 Å². The Labute approximate surface area is 191 Å². The fourth-order valence-electron chi connectivity index (χ4n) is 4.84. The van der Waals surface area contributed by atoms with Crippen molar-refractivity contribution in [2.24, 2.45) is 0 Å². The van der Waals surface area contributed by atoms with Gasteiger partial charge in [-0.2, -0.15) is 5.10 Å². The van der Waals surface area contributed by atoms with Gasteiger partial charge in [0.25, 0.3) is 5.91 Å². The van der Waals surface area contributed by atoms with Gasteiger partial charge in [0, 0.05) is 49.5 Å². The summed E-state index contributed by atoms with van der Waals surface area (Å²) in [5, 5.41) is 12.0. The summed E-state index contributed by atoms with van der Waals surface area (Å²) in [4.78, 5) is 19.8. The molecule has 1 aromatic carbocycles. The summed E-state index contributed by atoms with van der Waals surface area (Å²) in [6.07, 6.45) is 2.85. The lowest BCUT2D eigenvalue weighted by atomic mass is 10.0. The van der Waals surface area contributed by atoms with E-state index in [2.05, 4.69) is 27.6 Å². The molecule has 3 aliphatic rings. The number of benzene rings is 1. The number of anilines is 1. The zero-order valence-electron chi connectivity index (χ0n) is 18.4. The second-order valence-electron chi connectivity index (χ2n) is 8.83. The normalized spacial score (nSPS) is 20.8. The van der Waals surface area contributed by atoms with Crippen molar-refractivity contribution in [3.8, 4) is 11.5 Å². The number of likely N-dealkylation sites (tertiary alicyclic amines) is 1. The lowest BCUT2D eigenvalue weighted by molar-refractivity contribution is 0.0789. The highest BCUT2D eigenvalue weighted by Gasteiger charge is 2.30. The highest BCUT2D eigenvalue weighted by atomic mass is 16.6. The minimum atomic E-state index is 0.0139. The van der Waals surface area contributed by atoms with Crippen LogP contribution in [-0.2, 0) is 4.74 Å². The lowest BCUT2D eigenvalue weighted by Crippen LogP contribution is -2.28. The van der Waals surface area contributed by atoms with Crippen LogP contribution in [0.15, 0.2) is 30.3 Å². The largest absolute Gasteiger partial charge is 0.486 e. The summed E-state index contributed by atoms with van der Waals surface area (Å²) in [6.45, 7) is 3.96. The second-order valence-corrected chi connectivity index (χ2v) is 8.83. The quantitative estimate of drug-likeness (QED) is 0.631. The van der Waals surface area contributed by atoms with E-state index in [1.807, 2.05) is 17.0 Å². The summed E-state index contributed by atoms with van der Waals surface area (Å²) in [5.41, 5.74) is 2.39. The summed E-state index contributed by atoms with van der Waals surface area (Å²) in [6, 6.07) is 9.93. The van der Waals surface area contributed by atoms with E-state index >= 15 is 0 Å². The molecule has 5 heterocycles. The monoisotopic (exact) mass is 449 g/mol.